The van der Waals surface area contributed by atoms with E-state index < -0.39 is 0 Å². The van der Waals surface area contributed by atoms with Crippen LogP contribution in [0.4, 0.5) is 11.5 Å². The van der Waals surface area contributed by atoms with Crippen molar-refractivity contribution in [1.82, 2.24) is 15.2 Å². The van der Waals surface area contributed by atoms with E-state index in [-0.39, 0.29) is 0 Å². The number of methoxy groups -OCH3 is 1. The lowest BCUT2D eigenvalue weighted by atomic mass is 10.1. The highest BCUT2D eigenvalue weighted by molar-refractivity contribution is 8.00. The summed E-state index contributed by atoms with van der Waals surface area (Å²) in [6.45, 7) is 1.64. The average Bonchev–Trinajstić information content (AvgIpc) is 3.16. The predicted octanol–water partition coefficient (Wildman–Crippen LogP) is 5.79. The maximum Gasteiger partial charge on any atom is 0.160 e. The highest BCUT2D eigenvalue weighted by atomic mass is 35.5. The van der Waals surface area contributed by atoms with Crippen LogP contribution in [0.3, 0.4) is 0 Å². The number of benzene rings is 2. The second-order valence-electron chi connectivity index (χ2n) is 7.20. The van der Waals surface area contributed by atoms with Crippen LogP contribution in [0.1, 0.15) is 12.8 Å². The maximum atomic E-state index is 6.09. The number of H-pyrrole nitrogens is 1. The minimum absolute atomic E-state index is 0.526. The number of fused-ring (bicyclic) bond motifs is 2. The van der Waals surface area contributed by atoms with Crippen molar-refractivity contribution in [1.29, 1.82) is 0 Å². The van der Waals surface area contributed by atoms with Crippen molar-refractivity contribution in [3.63, 3.8) is 0 Å². The fourth-order valence-electron chi connectivity index (χ4n) is 3.70. The Kier molecular flexibility index (Phi) is 5.41. The summed E-state index contributed by atoms with van der Waals surface area (Å²) in [6, 6.07) is 11.8. The fourth-order valence-corrected chi connectivity index (χ4v) is 5.11. The monoisotopic (exact) mass is 440 g/mol. The molecule has 0 aliphatic carbocycles. The zero-order chi connectivity index (χ0) is 20.5. The number of anilines is 2. The lowest BCUT2D eigenvalue weighted by molar-refractivity contribution is 0.1000. The van der Waals surface area contributed by atoms with Gasteiger partial charge in [-0.25, -0.2) is 0 Å². The average molecular weight is 441 g/mol. The van der Waals surface area contributed by atoms with Gasteiger partial charge in [0.1, 0.15) is 5.75 Å². The number of ether oxygens (including phenoxy) is 2. The van der Waals surface area contributed by atoms with Crippen LogP contribution in [0.15, 0.2) is 47.5 Å². The third-order valence-corrected chi connectivity index (χ3v) is 6.88. The maximum absolute atomic E-state index is 6.09. The van der Waals surface area contributed by atoms with E-state index >= 15 is 0 Å². The number of aromatic nitrogens is 3. The molecule has 2 N–H and O–H groups in total. The van der Waals surface area contributed by atoms with Gasteiger partial charge in [0.25, 0.3) is 0 Å². The number of hydrogen-bond donors (Lipinski definition) is 2. The van der Waals surface area contributed by atoms with Crippen molar-refractivity contribution in [2.45, 2.75) is 23.0 Å². The van der Waals surface area contributed by atoms with E-state index in [0.717, 1.165) is 70.0 Å². The summed E-state index contributed by atoms with van der Waals surface area (Å²) in [7, 11) is 1.71. The van der Waals surface area contributed by atoms with Gasteiger partial charge >= 0.3 is 0 Å². The molecule has 1 saturated heterocycles. The van der Waals surface area contributed by atoms with Gasteiger partial charge in [0.15, 0.2) is 5.82 Å². The van der Waals surface area contributed by atoms with Crippen LogP contribution in [0.2, 0.25) is 5.02 Å². The molecule has 0 spiro atoms. The Labute approximate surface area is 183 Å². The molecule has 0 amide bonds. The third-order valence-electron chi connectivity index (χ3n) is 5.27. The number of pyridine rings is 1. The molecule has 2 aromatic carbocycles. The highest BCUT2D eigenvalue weighted by Crippen LogP contribution is 2.40. The van der Waals surface area contributed by atoms with E-state index in [2.05, 4.69) is 26.6 Å². The molecule has 30 heavy (non-hydrogen) atoms. The molecule has 154 valence electrons. The number of hydrogen-bond acceptors (Lipinski definition) is 6. The van der Waals surface area contributed by atoms with E-state index in [9.17, 15) is 0 Å². The summed E-state index contributed by atoms with van der Waals surface area (Å²) in [6.07, 6.45) is 3.89. The number of nitrogens with one attached hydrogen (secondary N) is 2. The van der Waals surface area contributed by atoms with E-state index in [4.69, 9.17) is 21.1 Å². The Morgan fingerprint density at radius 3 is 2.87 bits per heavy atom. The van der Waals surface area contributed by atoms with Crippen molar-refractivity contribution in [3.8, 4) is 5.75 Å². The van der Waals surface area contributed by atoms with Gasteiger partial charge in [-0.2, -0.15) is 5.10 Å². The number of nitrogens with zero attached hydrogens (tertiary/aromatic N) is 2. The van der Waals surface area contributed by atoms with Crippen molar-refractivity contribution in [3.05, 3.63) is 47.6 Å². The highest BCUT2D eigenvalue weighted by Gasteiger charge is 2.19. The molecule has 0 atom stereocenters. The van der Waals surface area contributed by atoms with Gasteiger partial charge in [-0.1, -0.05) is 11.6 Å². The Morgan fingerprint density at radius 2 is 2.03 bits per heavy atom. The first-order valence-electron chi connectivity index (χ1n) is 9.83. The van der Waals surface area contributed by atoms with E-state index in [1.807, 2.05) is 42.1 Å². The predicted molar refractivity (Wildman–Crippen MR) is 122 cm³/mol. The molecular weight excluding hydrogens is 420 g/mol. The van der Waals surface area contributed by atoms with Crippen LogP contribution in [-0.4, -0.2) is 40.8 Å². The Hall–Kier alpha value is -2.48. The number of aromatic amines is 1. The quantitative estimate of drug-likeness (QED) is 0.409. The second kappa shape index (κ2) is 8.34. The molecule has 0 bridgehead atoms. The molecule has 1 fully saturated rings. The largest absolute Gasteiger partial charge is 0.496 e. The summed E-state index contributed by atoms with van der Waals surface area (Å²) in [4.78, 5) is 5.66. The summed E-state index contributed by atoms with van der Waals surface area (Å²) in [5.74, 6) is 1.60. The Balaban J connectivity index is 1.53. The molecule has 0 radical (unpaired) electrons. The van der Waals surface area contributed by atoms with Crippen LogP contribution >= 0.6 is 23.4 Å². The van der Waals surface area contributed by atoms with Crippen LogP contribution in [-0.2, 0) is 4.74 Å². The zero-order valence-corrected chi connectivity index (χ0v) is 18.0. The first-order chi connectivity index (χ1) is 14.7. The first kappa shape index (κ1) is 19.5. The van der Waals surface area contributed by atoms with Gasteiger partial charge in [-0.15, -0.1) is 11.8 Å². The van der Waals surface area contributed by atoms with Crippen molar-refractivity contribution >= 4 is 56.7 Å². The summed E-state index contributed by atoms with van der Waals surface area (Å²) >= 11 is 7.95. The van der Waals surface area contributed by atoms with E-state index in [1.165, 1.54) is 0 Å². The smallest absolute Gasteiger partial charge is 0.160 e. The minimum atomic E-state index is 0.526. The summed E-state index contributed by atoms with van der Waals surface area (Å²) < 4.78 is 11.2. The molecule has 2 aromatic heterocycles. The summed E-state index contributed by atoms with van der Waals surface area (Å²) in [5, 5.41) is 14.1. The number of thioether (sulfide) groups is 1. The van der Waals surface area contributed by atoms with E-state index in [0.29, 0.717) is 10.3 Å². The first-order valence-corrected chi connectivity index (χ1v) is 11.1. The van der Waals surface area contributed by atoms with Crippen molar-refractivity contribution in [2.24, 2.45) is 0 Å². The fraction of sp³-hybridized carbons (Fsp3) is 0.273. The Bertz CT molecular complexity index is 1210. The van der Waals surface area contributed by atoms with Crippen LogP contribution in [0, 0.1) is 0 Å². The molecule has 1 aliphatic rings. The Morgan fingerprint density at radius 1 is 1.17 bits per heavy atom. The number of rotatable bonds is 5. The molecule has 0 unspecified atom stereocenters. The van der Waals surface area contributed by atoms with Gasteiger partial charge < -0.3 is 14.8 Å². The number of halogens is 1. The molecular formula is C22H21ClN4O2S. The van der Waals surface area contributed by atoms with Gasteiger partial charge in [-0.05, 0) is 43.2 Å². The van der Waals surface area contributed by atoms with E-state index in [1.54, 1.807) is 13.3 Å². The lowest BCUT2D eigenvalue weighted by Crippen LogP contribution is -2.17. The van der Waals surface area contributed by atoms with Crippen molar-refractivity contribution < 1.29 is 9.47 Å². The molecule has 5 rings (SSSR count). The molecule has 8 heteroatoms. The van der Waals surface area contributed by atoms with Gasteiger partial charge in [0, 0.05) is 46.5 Å². The molecule has 6 nitrogen and oxygen atoms in total. The van der Waals surface area contributed by atoms with Crippen molar-refractivity contribution in [2.75, 3.05) is 25.6 Å². The third kappa shape index (κ3) is 3.80. The SMILES string of the molecule is COc1cc2nccc(Nc3n[nH]c4cc(Cl)ccc34)c2cc1SC1CCOCC1. The van der Waals surface area contributed by atoms with Crippen LogP contribution < -0.4 is 10.1 Å². The second-order valence-corrected chi connectivity index (χ2v) is 8.97. The topological polar surface area (TPSA) is 72.1 Å². The van der Waals surface area contributed by atoms with Gasteiger partial charge in [-0.3, -0.25) is 10.1 Å². The molecule has 1 aliphatic heterocycles. The van der Waals surface area contributed by atoms with Crippen LogP contribution in [0.5, 0.6) is 5.75 Å². The van der Waals surface area contributed by atoms with Gasteiger partial charge in [0.2, 0.25) is 0 Å². The van der Waals surface area contributed by atoms with Crippen LogP contribution in [0.25, 0.3) is 21.8 Å². The molecule has 3 heterocycles. The normalized spacial score (nSPS) is 15.0. The summed E-state index contributed by atoms with van der Waals surface area (Å²) in [5.41, 5.74) is 2.71. The van der Waals surface area contributed by atoms with Gasteiger partial charge in [0.05, 0.1) is 28.7 Å². The standard InChI is InChI=1S/C22H21ClN4O2S/c1-28-20-12-18-16(11-21(20)30-14-5-8-29-9-6-14)17(4-7-24-18)25-22-15-3-2-13(23)10-19(15)26-27-22/h2-4,7,10-12,14H,5-6,8-9H2,1H3,(H2,24,25,26,27). The molecule has 4 aromatic rings. The molecule has 0 saturated carbocycles. The zero-order valence-electron chi connectivity index (χ0n) is 16.4. The minimum Gasteiger partial charge on any atom is -0.496 e. The lowest BCUT2D eigenvalue weighted by Gasteiger charge is -2.22.